The highest BCUT2D eigenvalue weighted by Gasteiger charge is 2.21. The van der Waals surface area contributed by atoms with Crippen LogP contribution in [0.3, 0.4) is 0 Å². The lowest BCUT2D eigenvalue weighted by Crippen LogP contribution is -2.16. The van der Waals surface area contributed by atoms with Crippen molar-refractivity contribution in [3.05, 3.63) is 87.7 Å². The highest BCUT2D eigenvalue weighted by molar-refractivity contribution is 6.05. The number of aryl methyl sites for hydroxylation is 1. The van der Waals surface area contributed by atoms with Gasteiger partial charge in [0.15, 0.2) is 0 Å². The maximum atomic E-state index is 5.38. The minimum absolute atomic E-state index is 0.409. The van der Waals surface area contributed by atoms with Gasteiger partial charge in [-0.1, -0.05) is 97.9 Å². The predicted octanol–water partition coefficient (Wildman–Crippen LogP) is 10.2. The maximum absolute atomic E-state index is 5.38. The molecule has 0 atom stereocenters. The number of para-hydroxylation sites is 2. The zero-order valence-electron chi connectivity index (χ0n) is 24.9. The minimum Gasteiger partial charge on any atom is -0.251 e. The van der Waals surface area contributed by atoms with Gasteiger partial charge in [0, 0.05) is 0 Å². The van der Waals surface area contributed by atoms with Crippen molar-refractivity contribution >= 4 is 22.8 Å². The number of nitrogens with zero attached hydrogens (tertiary/aromatic N) is 3. The second-order valence-corrected chi connectivity index (χ2v) is 12.0. The highest BCUT2D eigenvalue weighted by atomic mass is 14.9. The van der Waals surface area contributed by atoms with Crippen molar-refractivity contribution in [1.29, 1.82) is 0 Å². The van der Waals surface area contributed by atoms with E-state index in [4.69, 9.17) is 15.0 Å². The van der Waals surface area contributed by atoms with Crippen molar-refractivity contribution in [3.63, 3.8) is 0 Å². The standard InChI is InChI=1S/C35H45N3/c1-21(2)27-14-11-15-28(22(3)4)34(27)36-25(9)31-20-19-26-13-10-18-32(33(26)37-31)38-35-29(23(5)6)16-12-17-30(35)24(7)8/h11-12,14-17,19-24H,10,13,18H2,1-9H3. The van der Waals surface area contributed by atoms with Crippen LogP contribution in [0.25, 0.3) is 0 Å². The van der Waals surface area contributed by atoms with E-state index in [1.54, 1.807) is 0 Å². The lowest BCUT2D eigenvalue weighted by atomic mass is 9.91. The molecule has 0 unspecified atom stereocenters. The Morgan fingerprint density at radius 2 is 1.16 bits per heavy atom. The predicted molar refractivity (Wildman–Crippen MR) is 164 cm³/mol. The van der Waals surface area contributed by atoms with Crippen LogP contribution in [0.15, 0.2) is 58.5 Å². The normalized spacial score (nSPS) is 15.3. The van der Waals surface area contributed by atoms with Gasteiger partial charge in [-0.25, -0.2) is 4.98 Å². The van der Waals surface area contributed by atoms with E-state index in [2.05, 4.69) is 111 Å². The lowest BCUT2D eigenvalue weighted by molar-refractivity contribution is 0.817. The molecule has 0 bridgehead atoms. The molecule has 0 spiro atoms. The molecule has 0 N–H and O–H groups in total. The molecule has 0 saturated heterocycles. The SMILES string of the molecule is CC(=Nc1c(C(C)C)cccc1C(C)C)c1ccc2c(n1)C(=Nc1c(C(C)C)cccc1C(C)C)CCC2. The molecule has 1 heterocycles. The second-order valence-electron chi connectivity index (χ2n) is 12.0. The molecular formula is C35H45N3. The van der Waals surface area contributed by atoms with Gasteiger partial charge in [0.25, 0.3) is 0 Å². The van der Waals surface area contributed by atoms with Crippen LogP contribution in [0.2, 0.25) is 0 Å². The van der Waals surface area contributed by atoms with E-state index in [0.717, 1.165) is 53.4 Å². The van der Waals surface area contributed by atoms with Gasteiger partial charge >= 0.3 is 0 Å². The maximum Gasteiger partial charge on any atom is 0.0884 e. The fraction of sp³-hybridized carbons (Fsp3) is 0.457. The van der Waals surface area contributed by atoms with Gasteiger partial charge in [0.05, 0.1) is 34.2 Å². The molecule has 0 radical (unpaired) electrons. The first-order chi connectivity index (χ1) is 18.1. The first-order valence-corrected chi connectivity index (χ1v) is 14.5. The van der Waals surface area contributed by atoms with Crippen molar-refractivity contribution in [2.24, 2.45) is 9.98 Å². The lowest BCUT2D eigenvalue weighted by Gasteiger charge is -2.21. The average molecular weight is 508 g/mol. The van der Waals surface area contributed by atoms with E-state index in [-0.39, 0.29) is 0 Å². The highest BCUT2D eigenvalue weighted by Crippen LogP contribution is 2.37. The van der Waals surface area contributed by atoms with Crippen LogP contribution in [0.1, 0.15) is 138 Å². The van der Waals surface area contributed by atoms with E-state index in [0.29, 0.717) is 23.7 Å². The zero-order chi connectivity index (χ0) is 27.6. The third kappa shape index (κ3) is 5.82. The van der Waals surface area contributed by atoms with E-state index in [1.807, 2.05) is 0 Å². The zero-order valence-corrected chi connectivity index (χ0v) is 24.9. The number of benzene rings is 2. The molecular weight excluding hydrogens is 462 g/mol. The molecule has 0 fully saturated rings. The molecule has 3 aromatic rings. The number of hydrogen-bond donors (Lipinski definition) is 0. The molecule has 0 amide bonds. The fourth-order valence-electron chi connectivity index (χ4n) is 5.46. The van der Waals surface area contributed by atoms with Gasteiger partial charge in [-0.3, -0.25) is 9.98 Å². The van der Waals surface area contributed by atoms with Crippen LogP contribution in [0, 0.1) is 0 Å². The topological polar surface area (TPSA) is 37.6 Å². The minimum atomic E-state index is 0.409. The first-order valence-electron chi connectivity index (χ1n) is 14.5. The number of hydrogen-bond acceptors (Lipinski definition) is 3. The molecule has 3 heteroatoms. The molecule has 3 nitrogen and oxygen atoms in total. The molecule has 2 aromatic carbocycles. The van der Waals surface area contributed by atoms with Gasteiger partial charge < -0.3 is 0 Å². The molecule has 200 valence electrons. The van der Waals surface area contributed by atoms with Crippen LogP contribution >= 0.6 is 0 Å². The summed E-state index contributed by atoms with van der Waals surface area (Å²) in [5.74, 6) is 1.65. The second kappa shape index (κ2) is 11.8. The number of fused-ring (bicyclic) bond motifs is 1. The Balaban J connectivity index is 1.84. The molecule has 38 heavy (non-hydrogen) atoms. The van der Waals surface area contributed by atoms with Crippen molar-refractivity contribution in [2.45, 2.75) is 105 Å². The van der Waals surface area contributed by atoms with Crippen LogP contribution < -0.4 is 0 Å². The van der Waals surface area contributed by atoms with Crippen LogP contribution in [-0.4, -0.2) is 16.4 Å². The molecule has 0 saturated carbocycles. The van der Waals surface area contributed by atoms with Crippen LogP contribution in [-0.2, 0) is 6.42 Å². The van der Waals surface area contributed by atoms with E-state index >= 15 is 0 Å². The number of aromatic nitrogens is 1. The Kier molecular flexibility index (Phi) is 8.65. The smallest absolute Gasteiger partial charge is 0.0884 e. The fourth-order valence-corrected chi connectivity index (χ4v) is 5.46. The van der Waals surface area contributed by atoms with Gasteiger partial charge in [-0.05, 0) is 83.7 Å². The Bertz CT molecular complexity index is 1300. The number of rotatable bonds is 7. The summed E-state index contributed by atoms with van der Waals surface area (Å²) >= 11 is 0. The monoisotopic (exact) mass is 507 g/mol. The Morgan fingerprint density at radius 1 is 0.658 bits per heavy atom. The molecule has 1 aromatic heterocycles. The number of aliphatic imine (C=N–C) groups is 2. The summed E-state index contributed by atoms with van der Waals surface area (Å²) in [4.78, 5) is 15.8. The van der Waals surface area contributed by atoms with E-state index < -0.39 is 0 Å². The summed E-state index contributed by atoms with van der Waals surface area (Å²) in [5.41, 5.74) is 12.8. The van der Waals surface area contributed by atoms with Gasteiger partial charge in [-0.2, -0.15) is 0 Å². The van der Waals surface area contributed by atoms with Gasteiger partial charge in [0.1, 0.15) is 0 Å². The molecule has 1 aliphatic carbocycles. The summed E-state index contributed by atoms with van der Waals surface area (Å²) in [7, 11) is 0. The first kappa shape index (κ1) is 28.0. The Labute approximate surface area is 230 Å². The molecule has 1 aliphatic rings. The molecule has 4 rings (SSSR count). The Hall–Kier alpha value is -3.07. The van der Waals surface area contributed by atoms with Crippen molar-refractivity contribution < 1.29 is 0 Å². The molecule has 0 aliphatic heterocycles. The van der Waals surface area contributed by atoms with Crippen molar-refractivity contribution in [1.82, 2.24) is 4.98 Å². The van der Waals surface area contributed by atoms with Crippen LogP contribution in [0.4, 0.5) is 11.4 Å². The quantitative estimate of drug-likeness (QED) is 0.293. The summed E-state index contributed by atoms with van der Waals surface area (Å²) in [6.45, 7) is 20.1. The van der Waals surface area contributed by atoms with Crippen molar-refractivity contribution in [2.75, 3.05) is 0 Å². The summed E-state index contributed by atoms with van der Waals surface area (Å²) < 4.78 is 0. The Morgan fingerprint density at radius 3 is 1.66 bits per heavy atom. The number of pyridine rings is 1. The van der Waals surface area contributed by atoms with E-state index in [9.17, 15) is 0 Å². The van der Waals surface area contributed by atoms with Crippen molar-refractivity contribution in [3.8, 4) is 0 Å². The van der Waals surface area contributed by atoms with Gasteiger partial charge in [0.2, 0.25) is 0 Å². The summed E-state index contributed by atoms with van der Waals surface area (Å²) in [5, 5.41) is 0. The summed E-state index contributed by atoms with van der Waals surface area (Å²) in [6.07, 6.45) is 3.12. The summed E-state index contributed by atoms with van der Waals surface area (Å²) in [6, 6.07) is 17.6. The van der Waals surface area contributed by atoms with E-state index in [1.165, 1.54) is 27.8 Å². The average Bonchev–Trinajstić information content (AvgIpc) is 2.88. The third-order valence-electron chi connectivity index (χ3n) is 7.69. The third-order valence-corrected chi connectivity index (χ3v) is 7.69. The van der Waals surface area contributed by atoms with Gasteiger partial charge in [-0.15, -0.1) is 0 Å². The van der Waals surface area contributed by atoms with Crippen LogP contribution in [0.5, 0.6) is 0 Å². The largest absolute Gasteiger partial charge is 0.251 e.